The summed E-state index contributed by atoms with van der Waals surface area (Å²) < 4.78 is 0. The largest absolute Gasteiger partial charge is 0.398 e. The molecule has 4 heteroatoms. The fourth-order valence-corrected chi connectivity index (χ4v) is 1.34. The van der Waals surface area contributed by atoms with E-state index in [4.69, 9.17) is 23.1 Å². The highest BCUT2D eigenvalue weighted by Crippen LogP contribution is 2.25. The van der Waals surface area contributed by atoms with Crippen LogP contribution in [-0.4, -0.2) is 11.7 Å². The molecule has 0 bridgehead atoms. The third-order valence-corrected chi connectivity index (χ3v) is 2.08. The van der Waals surface area contributed by atoms with E-state index < -0.39 is 6.10 Å². The van der Waals surface area contributed by atoms with Gasteiger partial charge in [-0.2, -0.15) is 0 Å². The minimum atomic E-state index is -0.595. The van der Waals surface area contributed by atoms with Crippen LogP contribution in [0.25, 0.3) is 0 Å². The summed E-state index contributed by atoms with van der Waals surface area (Å²) in [6.07, 6.45) is -0.0893. The van der Waals surface area contributed by atoms with Crippen molar-refractivity contribution in [3.8, 4) is 0 Å². The number of hydrogen-bond donors (Lipinski definition) is 3. The van der Waals surface area contributed by atoms with Crippen molar-refractivity contribution in [3.05, 3.63) is 28.8 Å². The Balaban J connectivity index is 2.88. The lowest BCUT2D eigenvalue weighted by Gasteiger charge is -2.12. The van der Waals surface area contributed by atoms with Gasteiger partial charge in [-0.15, -0.1) is 0 Å². The van der Waals surface area contributed by atoms with Gasteiger partial charge in [0.2, 0.25) is 0 Å². The molecule has 13 heavy (non-hydrogen) atoms. The predicted octanol–water partition coefficient (Wildman–Crippen LogP) is 1.30. The molecule has 1 rings (SSSR count). The number of anilines is 1. The van der Waals surface area contributed by atoms with Crippen molar-refractivity contribution in [2.75, 3.05) is 12.3 Å². The first-order chi connectivity index (χ1) is 6.15. The molecule has 1 aromatic rings. The molecule has 0 aliphatic heterocycles. The van der Waals surface area contributed by atoms with E-state index in [-0.39, 0.29) is 0 Å². The van der Waals surface area contributed by atoms with Crippen molar-refractivity contribution in [3.63, 3.8) is 0 Å². The van der Waals surface area contributed by atoms with Gasteiger partial charge in [0.15, 0.2) is 0 Å². The molecular formula is C9H13ClN2O. The van der Waals surface area contributed by atoms with E-state index in [0.717, 1.165) is 0 Å². The van der Waals surface area contributed by atoms with Gasteiger partial charge >= 0.3 is 0 Å². The monoisotopic (exact) mass is 200 g/mol. The summed E-state index contributed by atoms with van der Waals surface area (Å²) >= 11 is 5.71. The highest BCUT2D eigenvalue weighted by molar-refractivity contribution is 6.30. The molecule has 0 radical (unpaired) electrons. The summed E-state index contributed by atoms with van der Waals surface area (Å²) in [6, 6.07) is 5.04. The van der Waals surface area contributed by atoms with E-state index in [9.17, 15) is 5.11 Å². The van der Waals surface area contributed by atoms with E-state index in [1.165, 1.54) is 0 Å². The SMILES string of the molecule is NCCC(O)c1ccc(Cl)cc1N. The second-order valence-corrected chi connectivity index (χ2v) is 3.30. The lowest BCUT2D eigenvalue weighted by molar-refractivity contribution is 0.171. The summed E-state index contributed by atoms with van der Waals surface area (Å²) in [5, 5.41) is 10.2. The maximum absolute atomic E-state index is 9.59. The molecule has 1 aromatic carbocycles. The Morgan fingerprint density at radius 3 is 2.69 bits per heavy atom. The zero-order valence-corrected chi connectivity index (χ0v) is 7.96. The molecule has 72 valence electrons. The van der Waals surface area contributed by atoms with Crippen LogP contribution in [0.4, 0.5) is 5.69 Å². The zero-order chi connectivity index (χ0) is 9.84. The minimum Gasteiger partial charge on any atom is -0.398 e. The lowest BCUT2D eigenvalue weighted by atomic mass is 10.1. The zero-order valence-electron chi connectivity index (χ0n) is 7.20. The van der Waals surface area contributed by atoms with E-state index in [1.807, 2.05) is 0 Å². The molecule has 0 saturated heterocycles. The van der Waals surface area contributed by atoms with Crippen molar-refractivity contribution in [1.82, 2.24) is 0 Å². The van der Waals surface area contributed by atoms with Gasteiger partial charge < -0.3 is 16.6 Å². The first-order valence-electron chi connectivity index (χ1n) is 4.08. The molecule has 0 amide bonds. The number of aliphatic hydroxyl groups excluding tert-OH is 1. The highest BCUT2D eigenvalue weighted by Gasteiger charge is 2.09. The average molecular weight is 201 g/mol. The molecule has 0 aromatic heterocycles. The third kappa shape index (κ3) is 2.59. The topological polar surface area (TPSA) is 72.3 Å². The van der Waals surface area contributed by atoms with Gasteiger partial charge in [-0.1, -0.05) is 17.7 Å². The third-order valence-electron chi connectivity index (χ3n) is 1.85. The van der Waals surface area contributed by atoms with Crippen LogP contribution in [0.3, 0.4) is 0 Å². The standard InChI is InChI=1S/C9H13ClN2O/c10-6-1-2-7(8(12)5-6)9(13)3-4-11/h1-2,5,9,13H,3-4,11-12H2. The number of aliphatic hydroxyl groups is 1. The molecular weight excluding hydrogens is 188 g/mol. The predicted molar refractivity (Wildman–Crippen MR) is 54.5 cm³/mol. The van der Waals surface area contributed by atoms with Gasteiger partial charge in [-0.25, -0.2) is 0 Å². The van der Waals surface area contributed by atoms with Crippen LogP contribution < -0.4 is 11.5 Å². The van der Waals surface area contributed by atoms with E-state index in [0.29, 0.717) is 29.2 Å². The quantitative estimate of drug-likeness (QED) is 0.645. The maximum Gasteiger partial charge on any atom is 0.0821 e. The molecule has 0 spiro atoms. The molecule has 1 atom stereocenters. The Kier molecular flexibility index (Phi) is 3.54. The number of rotatable bonds is 3. The van der Waals surface area contributed by atoms with Gasteiger partial charge in [0.05, 0.1) is 6.10 Å². The summed E-state index contributed by atoms with van der Waals surface area (Å²) in [5.41, 5.74) is 12.2. The van der Waals surface area contributed by atoms with E-state index in [2.05, 4.69) is 0 Å². The molecule has 5 N–H and O–H groups in total. The fourth-order valence-electron chi connectivity index (χ4n) is 1.16. The van der Waals surface area contributed by atoms with Crippen molar-refractivity contribution < 1.29 is 5.11 Å². The minimum absolute atomic E-state index is 0.434. The fraction of sp³-hybridized carbons (Fsp3) is 0.333. The van der Waals surface area contributed by atoms with Crippen LogP contribution in [0.1, 0.15) is 18.1 Å². The Hall–Kier alpha value is -0.770. The van der Waals surface area contributed by atoms with Crippen LogP contribution in [0.15, 0.2) is 18.2 Å². The summed E-state index contributed by atoms with van der Waals surface area (Å²) in [5.74, 6) is 0. The number of nitrogen functional groups attached to an aromatic ring is 1. The van der Waals surface area contributed by atoms with E-state index >= 15 is 0 Å². The van der Waals surface area contributed by atoms with E-state index in [1.54, 1.807) is 18.2 Å². The van der Waals surface area contributed by atoms with Crippen molar-refractivity contribution in [2.24, 2.45) is 5.73 Å². The Bertz CT molecular complexity index is 291. The number of hydrogen-bond acceptors (Lipinski definition) is 3. The Morgan fingerprint density at radius 1 is 1.46 bits per heavy atom. The van der Waals surface area contributed by atoms with Crippen LogP contribution in [0, 0.1) is 0 Å². The number of halogens is 1. The average Bonchev–Trinajstić information content (AvgIpc) is 2.04. The Labute approximate surface area is 82.3 Å². The van der Waals surface area contributed by atoms with Crippen molar-refractivity contribution in [2.45, 2.75) is 12.5 Å². The van der Waals surface area contributed by atoms with Crippen LogP contribution in [0.2, 0.25) is 5.02 Å². The van der Waals surface area contributed by atoms with Crippen molar-refractivity contribution in [1.29, 1.82) is 0 Å². The number of benzene rings is 1. The molecule has 3 nitrogen and oxygen atoms in total. The summed E-state index contributed by atoms with van der Waals surface area (Å²) in [6.45, 7) is 0.434. The molecule has 0 aliphatic rings. The second-order valence-electron chi connectivity index (χ2n) is 2.87. The lowest BCUT2D eigenvalue weighted by Crippen LogP contribution is -2.08. The summed E-state index contributed by atoms with van der Waals surface area (Å²) in [7, 11) is 0. The number of nitrogens with two attached hydrogens (primary N) is 2. The Morgan fingerprint density at radius 2 is 2.15 bits per heavy atom. The maximum atomic E-state index is 9.59. The molecule has 0 saturated carbocycles. The van der Waals surface area contributed by atoms with Crippen LogP contribution in [0.5, 0.6) is 0 Å². The van der Waals surface area contributed by atoms with Gasteiger partial charge in [-0.3, -0.25) is 0 Å². The first kappa shape index (κ1) is 10.3. The van der Waals surface area contributed by atoms with Gasteiger partial charge in [0, 0.05) is 16.3 Å². The normalized spacial score (nSPS) is 12.8. The molecule has 0 heterocycles. The van der Waals surface area contributed by atoms with Crippen LogP contribution in [-0.2, 0) is 0 Å². The summed E-state index contributed by atoms with van der Waals surface area (Å²) in [4.78, 5) is 0. The molecule has 0 fully saturated rings. The van der Waals surface area contributed by atoms with Gasteiger partial charge in [-0.05, 0) is 25.1 Å². The second kappa shape index (κ2) is 4.46. The van der Waals surface area contributed by atoms with Gasteiger partial charge in [0.25, 0.3) is 0 Å². The highest BCUT2D eigenvalue weighted by atomic mass is 35.5. The molecule has 0 aliphatic carbocycles. The molecule has 1 unspecified atom stereocenters. The van der Waals surface area contributed by atoms with Crippen molar-refractivity contribution >= 4 is 17.3 Å². The van der Waals surface area contributed by atoms with Gasteiger partial charge in [0.1, 0.15) is 0 Å². The smallest absolute Gasteiger partial charge is 0.0821 e. The van der Waals surface area contributed by atoms with Crippen LogP contribution >= 0.6 is 11.6 Å². The first-order valence-corrected chi connectivity index (χ1v) is 4.46.